The Balaban J connectivity index is 1.84. The predicted molar refractivity (Wildman–Crippen MR) is 114 cm³/mol. The summed E-state index contributed by atoms with van der Waals surface area (Å²) in [5.74, 6) is -0.0844. The number of fused-ring (bicyclic) bond motifs is 2. The monoisotopic (exact) mass is 387 g/mol. The lowest BCUT2D eigenvalue weighted by Crippen LogP contribution is -2.30. The Morgan fingerprint density at radius 3 is 2.41 bits per heavy atom. The molecule has 0 atom stereocenters. The molecule has 146 valence electrons. The van der Waals surface area contributed by atoms with Gasteiger partial charge in [0.15, 0.2) is 11.3 Å². The molecule has 1 heterocycles. The van der Waals surface area contributed by atoms with Crippen LogP contribution in [0, 0.1) is 0 Å². The fraction of sp³-hybridized carbons (Fsp3) is 0.167. The van der Waals surface area contributed by atoms with E-state index in [1.165, 1.54) is 6.07 Å². The molecule has 0 aliphatic carbocycles. The Kier molecular flexibility index (Phi) is 4.80. The second kappa shape index (κ2) is 7.43. The molecule has 29 heavy (non-hydrogen) atoms. The zero-order valence-corrected chi connectivity index (χ0v) is 16.3. The second-order valence-corrected chi connectivity index (χ2v) is 6.85. The third-order valence-corrected chi connectivity index (χ3v) is 5.17. The van der Waals surface area contributed by atoms with Crippen molar-refractivity contribution in [1.29, 1.82) is 0 Å². The van der Waals surface area contributed by atoms with Gasteiger partial charge in [-0.25, -0.2) is 0 Å². The van der Waals surface area contributed by atoms with Crippen molar-refractivity contribution in [2.24, 2.45) is 0 Å². The molecule has 1 aromatic heterocycles. The predicted octanol–water partition coefficient (Wildman–Crippen LogP) is 4.80. The van der Waals surface area contributed by atoms with E-state index < -0.39 is 0 Å². The van der Waals surface area contributed by atoms with Gasteiger partial charge in [-0.3, -0.25) is 9.59 Å². The second-order valence-electron chi connectivity index (χ2n) is 6.85. The number of amides is 1. The summed E-state index contributed by atoms with van der Waals surface area (Å²) in [4.78, 5) is 27.2. The summed E-state index contributed by atoms with van der Waals surface area (Å²) in [5, 5.41) is 10.9. The zero-order valence-electron chi connectivity index (χ0n) is 16.3. The molecule has 5 heteroatoms. The molecule has 0 radical (unpaired) electrons. The van der Waals surface area contributed by atoms with Crippen LogP contribution in [-0.4, -0.2) is 29.0 Å². The summed E-state index contributed by atoms with van der Waals surface area (Å²) >= 11 is 0. The first-order valence-corrected chi connectivity index (χ1v) is 9.61. The fourth-order valence-corrected chi connectivity index (χ4v) is 3.57. The van der Waals surface area contributed by atoms with Gasteiger partial charge < -0.3 is 14.4 Å². The smallest absolute Gasteiger partial charge is 0.253 e. The number of phenolic OH excluding ortho intramolecular Hbond substituents is 1. The molecule has 3 aromatic carbocycles. The van der Waals surface area contributed by atoms with Crippen LogP contribution in [0.25, 0.3) is 33.1 Å². The third-order valence-electron chi connectivity index (χ3n) is 5.17. The molecular weight excluding hydrogens is 366 g/mol. The molecule has 1 N–H and O–H groups in total. The minimum atomic E-state index is -0.186. The molecule has 1 amide bonds. The van der Waals surface area contributed by atoms with Gasteiger partial charge in [0.05, 0.1) is 10.8 Å². The normalized spacial score (nSPS) is 11.1. The van der Waals surface area contributed by atoms with Gasteiger partial charge in [0.25, 0.3) is 5.91 Å². The number of carbonyl (C=O) groups is 1. The molecule has 4 rings (SSSR count). The standard InChI is InChI=1S/C24H21NO4/c1-3-25(4-2)24(28)17-8-5-7-15(13-17)16-11-12-18-21(14-16)29-23-19(22(18)27)9-6-10-20(23)26/h5-14,26H,3-4H2,1-2H3. The van der Waals surface area contributed by atoms with Crippen LogP contribution in [0.15, 0.2) is 69.9 Å². The summed E-state index contributed by atoms with van der Waals surface area (Å²) < 4.78 is 5.85. The molecule has 0 bridgehead atoms. The highest BCUT2D eigenvalue weighted by Crippen LogP contribution is 2.29. The number of phenols is 1. The van der Waals surface area contributed by atoms with E-state index in [0.29, 0.717) is 35.0 Å². The molecule has 0 aliphatic rings. The first-order chi connectivity index (χ1) is 14.0. The van der Waals surface area contributed by atoms with E-state index in [1.807, 2.05) is 38.1 Å². The molecule has 0 spiro atoms. The third kappa shape index (κ3) is 3.25. The maximum absolute atomic E-state index is 12.8. The average Bonchev–Trinajstić information content (AvgIpc) is 2.75. The summed E-state index contributed by atoms with van der Waals surface area (Å²) in [6.45, 7) is 5.21. The van der Waals surface area contributed by atoms with E-state index >= 15 is 0 Å². The Morgan fingerprint density at radius 1 is 0.931 bits per heavy atom. The number of benzene rings is 3. The Morgan fingerprint density at radius 2 is 1.66 bits per heavy atom. The summed E-state index contributed by atoms with van der Waals surface area (Å²) in [6.07, 6.45) is 0. The molecule has 0 saturated carbocycles. The van der Waals surface area contributed by atoms with E-state index in [4.69, 9.17) is 4.42 Å². The Hall–Kier alpha value is -3.60. The van der Waals surface area contributed by atoms with Gasteiger partial charge in [-0.15, -0.1) is 0 Å². The summed E-state index contributed by atoms with van der Waals surface area (Å²) in [5.41, 5.74) is 2.67. The van der Waals surface area contributed by atoms with Crippen LogP contribution < -0.4 is 5.43 Å². The Bertz CT molecular complexity index is 1290. The molecule has 0 aliphatic heterocycles. The highest BCUT2D eigenvalue weighted by molar-refractivity contribution is 5.96. The van der Waals surface area contributed by atoms with Crippen LogP contribution in [0.4, 0.5) is 0 Å². The van der Waals surface area contributed by atoms with Crippen molar-refractivity contribution >= 4 is 27.8 Å². The molecule has 5 nitrogen and oxygen atoms in total. The van der Waals surface area contributed by atoms with Gasteiger partial charge >= 0.3 is 0 Å². The SMILES string of the molecule is CCN(CC)C(=O)c1cccc(-c2ccc3c(=O)c4cccc(O)c4oc3c2)c1. The van der Waals surface area contributed by atoms with Crippen LogP contribution in [0.5, 0.6) is 5.75 Å². The number of para-hydroxylation sites is 1. The van der Waals surface area contributed by atoms with Crippen LogP contribution in [0.3, 0.4) is 0 Å². The van der Waals surface area contributed by atoms with Crippen LogP contribution in [0.1, 0.15) is 24.2 Å². The number of aromatic hydroxyl groups is 1. The zero-order chi connectivity index (χ0) is 20.5. The van der Waals surface area contributed by atoms with Gasteiger partial charge in [0.2, 0.25) is 5.43 Å². The van der Waals surface area contributed by atoms with Crippen molar-refractivity contribution in [3.05, 3.63) is 76.5 Å². The largest absolute Gasteiger partial charge is 0.504 e. The number of carbonyl (C=O) groups excluding carboxylic acids is 1. The maximum Gasteiger partial charge on any atom is 0.253 e. The van der Waals surface area contributed by atoms with Crippen molar-refractivity contribution in [1.82, 2.24) is 4.90 Å². The molecule has 0 unspecified atom stereocenters. The number of rotatable bonds is 4. The van der Waals surface area contributed by atoms with E-state index in [9.17, 15) is 14.7 Å². The number of nitrogens with zero attached hydrogens (tertiary/aromatic N) is 1. The van der Waals surface area contributed by atoms with Crippen LogP contribution >= 0.6 is 0 Å². The highest BCUT2D eigenvalue weighted by Gasteiger charge is 2.14. The minimum Gasteiger partial charge on any atom is -0.504 e. The highest BCUT2D eigenvalue weighted by atomic mass is 16.4. The fourth-order valence-electron chi connectivity index (χ4n) is 3.57. The lowest BCUT2D eigenvalue weighted by molar-refractivity contribution is 0.0773. The Labute approximate surface area is 167 Å². The van der Waals surface area contributed by atoms with Gasteiger partial charge in [-0.1, -0.05) is 24.3 Å². The average molecular weight is 387 g/mol. The molecular formula is C24H21NO4. The summed E-state index contributed by atoms with van der Waals surface area (Å²) in [6, 6.07) is 17.5. The van der Waals surface area contributed by atoms with E-state index in [-0.39, 0.29) is 22.7 Å². The van der Waals surface area contributed by atoms with Gasteiger partial charge in [-0.05, 0) is 61.4 Å². The maximum atomic E-state index is 12.8. The lowest BCUT2D eigenvalue weighted by Gasteiger charge is -2.19. The van der Waals surface area contributed by atoms with Crippen molar-refractivity contribution in [2.75, 3.05) is 13.1 Å². The summed E-state index contributed by atoms with van der Waals surface area (Å²) in [7, 11) is 0. The van der Waals surface area contributed by atoms with Gasteiger partial charge in [-0.2, -0.15) is 0 Å². The van der Waals surface area contributed by atoms with Crippen molar-refractivity contribution in [3.63, 3.8) is 0 Å². The van der Waals surface area contributed by atoms with Crippen molar-refractivity contribution in [2.45, 2.75) is 13.8 Å². The molecule has 0 saturated heterocycles. The molecule has 0 fully saturated rings. The van der Waals surface area contributed by atoms with E-state index in [1.54, 1.807) is 35.2 Å². The van der Waals surface area contributed by atoms with Gasteiger partial charge in [0.1, 0.15) is 5.58 Å². The first kappa shape index (κ1) is 18.7. The lowest BCUT2D eigenvalue weighted by atomic mass is 10.0. The van der Waals surface area contributed by atoms with E-state index in [0.717, 1.165) is 11.1 Å². The van der Waals surface area contributed by atoms with Crippen LogP contribution in [-0.2, 0) is 0 Å². The van der Waals surface area contributed by atoms with E-state index in [2.05, 4.69) is 0 Å². The van der Waals surface area contributed by atoms with Crippen molar-refractivity contribution in [3.8, 4) is 16.9 Å². The topological polar surface area (TPSA) is 70.8 Å². The van der Waals surface area contributed by atoms with Crippen LogP contribution in [0.2, 0.25) is 0 Å². The number of hydrogen-bond donors (Lipinski definition) is 1. The minimum absolute atomic E-state index is 0.0138. The van der Waals surface area contributed by atoms with Crippen molar-refractivity contribution < 1.29 is 14.3 Å². The first-order valence-electron chi connectivity index (χ1n) is 9.61. The quantitative estimate of drug-likeness (QED) is 0.511. The van der Waals surface area contributed by atoms with Gasteiger partial charge in [0, 0.05) is 18.7 Å². The number of hydrogen-bond acceptors (Lipinski definition) is 4. The molecule has 4 aromatic rings.